The van der Waals surface area contributed by atoms with Crippen LogP contribution in [0.2, 0.25) is 0 Å². The number of rotatable bonds is 4. The molecule has 1 unspecified atom stereocenters. The van der Waals surface area contributed by atoms with Gasteiger partial charge in [0.05, 0.1) is 0 Å². The van der Waals surface area contributed by atoms with Gasteiger partial charge >= 0.3 is 0 Å². The maximum atomic E-state index is 5.94. The molecule has 3 heteroatoms. The zero-order valence-corrected chi connectivity index (χ0v) is 11.5. The summed E-state index contributed by atoms with van der Waals surface area (Å²) in [7, 11) is 4.28. The molecule has 88 valence electrons. The van der Waals surface area contributed by atoms with E-state index in [1.165, 1.54) is 18.4 Å². The zero-order valence-electron chi connectivity index (χ0n) is 9.91. The Balaban J connectivity index is 2.33. The number of benzene rings is 1. The normalized spacial score (nSPS) is 19.8. The van der Waals surface area contributed by atoms with Crippen molar-refractivity contribution in [3.63, 3.8) is 0 Å². The minimum atomic E-state index is 0.310. The SMILES string of the molecule is CN(C)C(c1cccc(Br)c1)C1(CN)CC1. The maximum Gasteiger partial charge on any atom is 0.0410 e. The average Bonchev–Trinajstić information content (AvgIpc) is 2.99. The summed E-state index contributed by atoms with van der Waals surface area (Å²) in [6, 6.07) is 9.02. The van der Waals surface area contributed by atoms with E-state index in [0.717, 1.165) is 11.0 Å². The van der Waals surface area contributed by atoms with E-state index in [2.05, 4.69) is 59.2 Å². The van der Waals surface area contributed by atoms with Crippen molar-refractivity contribution in [2.75, 3.05) is 20.6 Å². The standard InChI is InChI=1S/C13H19BrN2/c1-16(2)12(13(9-15)6-7-13)10-4-3-5-11(14)8-10/h3-5,8,12H,6-7,9,15H2,1-2H3. The molecular formula is C13H19BrN2. The maximum absolute atomic E-state index is 5.94. The van der Waals surface area contributed by atoms with Crippen LogP contribution in [0.1, 0.15) is 24.4 Å². The molecule has 1 aliphatic carbocycles. The molecule has 2 nitrogen and oxygen atoms in total. The van der Waals surface area contributed by atoms with Gasteiger partial charge in [0.2, 0.25) is 0 Å². The molecule has 1 saturated carbocycles. The van der Waals surface area contributed by atoms with Crippen molar-refractivity contribution in [1.82, 2.24) is 4.90 Å². The van der Waals surface area contributed by atoms with E-state index >= 15 is 0 Å². The molecule has 0 radical (unpaired) electrons. The zero-order chi connectivity index (χ0) is 11.8. The molecule has 1 atom stereocenters. The average molecular weight is 283 g/mol. The van der Waals surface area contributed by atoms with Crippen LogP contribution in [0, 0.1) is 5.41 Å². The topological polar surface area (TPSA) is 29.3 Å². The molecule has 0 amide bonds. The van der Waals surface area contributed by atoms with Crippen molar-refractivity contribution in [3.8, 4) is 0 Å². The van der Waals surface area contributed by atoms with Gasteiger partial charge in [0.25, 0.3) is 0 Å². The molecule has 1 aromatic rings. The predicted molar refractivity (Wildman–Crippen MR) is 71.3 cm³/mol. The number of hydrogen-bond acceptors (Lipinski definition) is 2. The molecule has 0 aliphatic heterocycles. The minimum absolute atomic E-state index is 0.310. The summed E-state index contributed by atoms with van der Waals surface area (Å²) in [6.45, 7) is 0.780. The van der Waals surface area contributed by atoms with Crippen LogP contribution in [0.4, 0.5) is 0 Å². The fraction of sp³-hybridized carbons (Fsp3) is 0.538. The Morgan fingerprint density at radius 3 is 2.56 bits per heavy atom. The lowest BCUT2D eigenvalue weighted by Crippen LogP contribution is -2.33. The van der Waals surface area contributed by atoms with E-state index in [0.29, 0.717) is 11.5 Å². The third kappa shape index (κ3) is 2.17. The summed E-state index contributed by atoms with van der Waals surface area (Å²) in [5.41, 5.74) is 7.62. The lowest BCUT2D eigenvalue weighted by molar-refractivity contribution is 0.198. The van der Waals surface area contributed by atoms with Crippen molar-refractivity contribution in [1.29, 1.82) is 0 Å². The van der Waals surface area contributed by atoms with Crippen molar-refractivity contribution < 1.29 is 0 Å². The van der Waals surface area contributed by atoms with Crippen LogP contribution >= 0.6 is 15.9 Å². The first-order chi connectivity index (χ1) is 7.59. The summed E-state index contributed by atoms with van der Waals surface area (Å²) in [4.78, 5) is 2.29. The van der Waals surface area contributed by atoms with Gasteiger partial charge in [-0.25, -0.2) is 0 Å². The van der Waals surface area contributed by atoms with Gasteiger partial charge < -0.3 is 10.6 Å². The second-order valence-electron chi connectivity index (χ2n) is 4.99. The summed E-state index contributed by atoms with van der Waals surface area (Å²) in [6.07, 6.45) is 2.50. The molecular weight excluding hydrogens is 264 g/mol. The number of hydrogen-bond donors (Lipinski definition) is 1. The molecule has 1 aromatic carbocycles. The molecule has 0 bridgehead atoms. The van der Waals surface area contributed by atoms with Crippen LogP contribution in [0.15, 0.2) is 28.7 Å². The highest BCUT2D eigenvalue weighted by atomic mass is 79.9. The molecule has 2 rings (SSSR count). The highest BCUT2D eigenvalue weighted by Gasteiger charge is 2.49. The second-order valence-corrected chi connectivity index (χ2v) is 5.90. The van der Waals surface area contributed by atoms with Gasteiger partial charge in [0, 0.05) is 15.9 Å². The van der Waals surface area contributed by atoms with Crippen LogP contribution < -0.4 is 5.73 Å². The first-order valence-electron chi connectivity index (χ1n) is 5.71. The van der Waals surface area contributed by atoms with E-state index in [4.69, 9.17) is 5.73 Å². The van der Waals surface area contributed by atoms with Gasteiger partial charge in [-0.3, -0.25) is 0 Å². The van der Waals surface area contributed by atoms with Gasteiger partial charge in [-0.15, -0.1) is 0 Å². The summed E-state index contributed by atoms with van der Waals surface area (Å²) in [5.74, 6) is 0. The van der Waals surface area contributed by atoms with Crippen molar-refractivity contribution in [3.05, 3.63) is 34.3 Å². The molecule has 1 fully saturated rings. The van der Waals surface area contributed by atoms with Gasteiger partial charge in [0.15, 0.2) is 0 Å². The Morgan fingerprint density at radius 1 is 1.44 bits per heavy atom. The largest absolute Gasteiger partial charge is 0.330 e. The Hall–Kier alpha value is -0.380. The Labute approximate surface area is 106 Å². The third-order valence-electron chi connectivity index (χ3n) is 3.56. The first kappa shape index (κ1) is 12.1. The fourth-order valence-corrected chi connectivity index (χ4v) is 3.04. The van der Waals surface area contributed by atoms with Crippen molar-refractivity contribution in [2.24, 2.45) is 11.1 Å². The van der Waals surface area contributed by atoms with E-state index in [9.17, 15) is 0 Å². The minimum Gasteiger partial charge on any atom is -0.330 e. The summed E-state index contributed by atoms with van der Waals surface area (Å²) >= 11 is 3.54. The van der Waals surface area contributed by atoms with Gasteiger partial charge in [-0.1, -0.05) is 28.1 Å². The van der Waals surface area contributed by atoms with Gasteiger partial charge in [-0.2, -0.15) is 0 Å². The summed E-state index contributed by atoms with van der Waals surface area (Å²) in [5, 5.41) is 0. The third-order valence-corrected chi connectivity index (χ3v) is 4.05. The lowest BCUT2D eigenvalue weighted by atomic mass is 9.89. The van der Waals surface area contributed by atoms with E-state index in [1.807, 2.05) is 0 Å². The van der Waals surface area contributed by atoms with Crippen LogP contribution in [0.25, 0.3) is 0 Å². The lowest BCUT2D eigenvalue weighted by Gasteiger charge is -2.32. The molecule has 0 saturated heterocycles. The Morgan fingerprint density at radius 2 is 2.12 bits per heavy atom. The van der Waals surface area contributed by atoms with Crippen LogP contribution in [-0.2, 0) is 0 Å². The quantitative estimate of drug-likeness (QED) is 0.920. The van der Waals surface area contributed by atoms with Gasteiger partial charge in [-0.05, 0) is 51.2 Å². The van der Waals surface area contributed by atoms with E-state index < -0.39 is 0 Å². The van der Waals surface area contributed by atoms with Crippen LogP contribution in [0.3, 0.4) is 0 Å². The monoisotopic (exact) mass is 282 g/mol. The first-order valence-corrected chi connectivity index (χ1v) is 6.50. The van der Waals surface area contributed by atoms with E-state index in [-0.39, 0.29) is 0 Å². The predicted octanol–water partition coefficient (Wildman–Crippen LogP) is 2.79. The molecule has 1 aliphatic rings. The highest BCUT2D eigenvalue weighted by Crippen LogP contribution is 2.56. The number of halogens is 1. The summed E-state index contributed by atoms with van der Waals surface area (Å²) < 4.78 is 1.14. The van der Waals surface area contributed by atoms with Crippen molar-refractivity contribution in [2.45, 2.75) is 18.9 Å². The number of nitrogens with zero attached hydrogens (tertiary/aromatic N) is 1. The molecule has 0 heterocycles. The van der Waals surface area contributed by atoms with Crippen LogP contribution in [-0.4, -0.2) is 25.5 Å². The van der Waals surface area contributed by atoms with E-state index in [1.54, 1.807) is 0 Å². The highest BCUT2D eigenvalue weighted by molar-refractivity contribution is 9.10. The molecule has 0 aromatic heterocycles. The Kier molecular flexibility index (Phi) is 3.38. The smallest absolute Gasteiger partial charge is 0.0410 e. The van der Waals surface area contributed by atoms with Gasteiger partial charge in [0.1, 0.15) is 0 Å². The molecule has 2 N–H and O–H groups in total. The Bertz CT molecular complexity index is 372. The van der Waals surface area contributed by atoms with Crippen LogP contribution in [0.5, 0.6) is 0 Å². The van der Waals surface area contributed by atoms with Crippen molar-refractivity contribution >= 4 is 15.9 Å². The number of nitrogens with two attached hydrogens (primary N) is 1. The second kappa shape index (κ2) is 4.47. The molecule has 0 spiro atoms. The fourth-order valence-electron chi connectivity index (χ4n) is 2.63. The molecule has 16 heavy (non-hydrogen) atoms.